The van der Waals surface area contributed by atoms with E-state index in [9.17, 15) is 4.79 Å². The molecule has 0 aliphatic carbocycles. The van der Waals surface area contributed by atoms with E-state index in [1.54, 1.807) is 13.1 Å². The van der Waals surface area contributed by atoms with Gasteiger partial charge in [-0.15, -0.1) is 0 Å². The predicted octanol–water partition coefficient (Wildman–Crippen LogP) is 3.20. The van der Waals surface area contributed by atoms with Gasteiger partial charge in [-0.2, -0.15) is 0 Å². The maximum absolute atomic E-state index is 11.7. The zero-order valence-corrected chi connectivity index (χ0v) is 10.00. The van der Waals surface area contributed by atoms with Gasteiger partial charge < -0.3 is 0 Å². The zero-order chi connectivity index (χ0) is 12.5. The SMILES string of the molecule is CC(=O)c1cc(-c2ccccc2)c2ncccn12. The second-order valence-corrected chi connectivity index (χ2v) is 4.18. The van der Waals surface area contributed by atoms with Crippen LogP contribution in [0.15, 0.2) is 54.9 Å². The summed E-state index contributed by atoms with van der Waals surface area (Å²) in [4.78, 5) is 16.0. The molecule has 3 heteroatoms. The molecule has 18 heavy (non-hydrogen) atoms. The number of Topliss-reactive ketones (excluding diaryl/α,β-unsaturated/α-hetero) is 1. The Labute approximate surface area is 105 Å². The summed E-state index contributed by atoms with van der Waals surface area (Å²) in [6.45, 7) is 1.57. The number of hydrogen-bond donors (Lipinski definition) is 0. The van der Waals surface area contributed by atoms with E-state index in [4.69, 9.17) is 0 Å². The van der Waals surface area contributed by atoms with Gasteiger partial charge in [-0.05, 0) is 17.7 Å². The summed E-state index contributed by atoms with van der Waals surface area (Å²) in [6.07, 6.45) is 3.61. The molecule has 0 radical (unpaired) electrons. The number of ketones is 1. The summed E-state index contributed by atoms with van der Waals surface area (Å²) in [5.41, 5.74) is 3.54. The number of rotatable bonds is 2. The van der Waals surface area contributed by atoms with Crippen molar-refractivity contribution in [2.24, 2.45) is 0 Å². The van der Waals surface area contributed by atoms with Crippen LogP contribution in [0, 0.1) is 0 Å². The molecule has 0 saturated carbocycles. The number of hydrogen-bond acceptors (Lipinski definition) is 2. The van der Waals surface area contributed by atoms with E-state index in [0.29, 0.717) is 5.69 Å². The average Bonchev–Trinajstić information content (AvgIpc) is 2.79. The van der Waals surface area contributed by atoms with Gasteiger partial charge in [-0.3, -0.25) is 9.20 Å². The second-order valence-electron chi connectivity index (χ2n) is 4.18. The monoisotopic (exact) mass is 236 g/mol. The largest absolute Gasteiger partial charge is 0.298 e. The summed E-state index contributed by atoms with van der Waals surface area (Å²) in [7, 11) is 0. The zero-order valence-electron chi connectivity index (χ0n) is 10.00. The predicted molar refractivity (Wildman–Crippen MR) is 70.6 cm³/mol. The molecule has 0 bridgehead atoms. The van der Waals surface area contributed by atoms with Crippen molar-refractivity contribution in [2.45, 2.75) is 6.92 Å². The van der Waals surface area contributed by atoms with Gasteiger partial charge in [0, 0.05) is 24.9 Å². The molecule has 88 valence electrons. The Morgan fingerprint density at radius 2 is 1.94 bits per heavy atom. The van der Waals surface area contributed by atoms with Crippen LogP contribution in [0.2, 0.25) is 0 Å². The minimum absolute atomic E-state index is 0.0418. The first-order valence-corrected chi connectivity index (χ1v) is 5.80. The van der Waals surface area contributed by atoms with Gasteiger partial charge >= 0.3 is 0 Å². The van der Waals surface area contributed by atoms with E-state index in [0.717, 1.165) is 16.8 Å². The summed E-state index contributed by atoms with van der Waals surface area (Å²) in [5, 5.41) is 0. The molecular weight excluding hydrogens is 224 g/mol. The van der Waals surface area contributed by atoms with Crippen molar-refractivity contribution < 1.29 is 4.79 Å². The quantitative estimate of drug-likeness (QED) is 0.640. The van der Waals surface area contributed by atoms with Crippen LogP contribution in [0.25, 0.3) is 16.8 Å². The highest BCUT2D eigenvalue weighted by Crippen LogP contribution is 2.26. The normalized spacial score (nSPS) is 10.7. The summed E-state index contributed by atoms with van der Waals surface area (Å²) < 4.78 is 1.84. The van der Waals surface area contributed by atoms with Crippen LogP contribution in [0.5, 0.6) is 0 Å². The first-order chi connectivity index (χ1) is 8.77. The van der Waals surface area contributed by atoms with Crippen molar-refractivity contribution in [3.63, 3.8) is 0 Å². The Bertz CT molecular complexity index is 714. The molecule has 0 amide bonds. The molecular formula is C15H12N2O. The average molecular weight is 236 g/mol. The Balaban J connectivity index is 2.34. The van der Waals surface area contributed by atoms with Crippen molar-refractivity contribution >= 4 is 11.4 Å². The van der Waals surface area contributed by atoms with Gasteiger partial charge in [0.25, 0.3) is 0 Å². The van der Waals surface area contributed by atoms with Crippen LogP contribution < -0.4 is 0 Å². The topological polar surface area (TPSA) is 34.4 Å². The first kappa shape index (κ1) is 10.7. The van der Waals surface area contributed by atoms with Crippen LogP contribution in [0.3, 0.4) is 0 Å². The molecule has 2 aromatic heterocycles. The standard InChI is InChI=1S/C15H12N2O/c1-11(18)14-10-13(12-6-3-2-4-7-12)15-16-8-5-9-17(14)15/h2-10H,1H3. The van der Waals surface area contributed by atoms with Crippen molar-refractivity contribution in [2.75, 3.05) is 0 Å². The second kappa shape index (κ2) is 4.11. The third kappa shape index (κ3) is 1.61. The van der Waals surface area contributed by atoms with Gasteiger partial charge in [0.1, 0.15) is 5.65 Å². The molecule has 0 atom stereocenters. The molecule has 0 fully saturated rings. The Hall–Kier alpha value is -2.42. The number of fused-ring (bicyclic) bond motifs is 1. The summed E-state index contributed by atoms with van der Waals surface area (Å²) in [6, 6.07) is 13.7. The number of carbonyl (C=O) groups is 1. The molecule has 0 N–H and O–H groups in total. The fourth-order valence-electron chi connectivity index (χ4n) is 2.14. The lowest BCUT2D eigenvalue weighted by atomic mass is 10.1. The third-order valence-electron chi connectivity index (χ3n) is 2.97. The lowest BCUT2D eigenvalue weighted by Gasteiger charge is -1.99. The fraction of sp³-hybridized carbons (Fsp3) is 0.0667. The highest BCUT2D eigenvalue weighted by atomic mass is 16.1. The van der Waals surface area contributed by atoms with Crippen LogP contribution in [0.4, 0.5) is 0 Å². The van der Waals surface area contributed by atoms with E-state index in [-0.39, 0.29) is 5.78 Å². The van der Waals surface area contributed by atoms with Crippen molar-refractivity contribution in [3.8, 4) is 11.1 Å². The Kier molecular flexibility index (Phi) is 2.45. The molecule has 0 aliphatic rings. The van der Waals surface area contributed by atoms with Crippen molar-refractivity contribution in [1.29, 1.82) is 0 Å². The van der Waals surface area contributed by atoms with Gasteiger partial charge in [0.15, 0.2) is 5.78 Å². The molecule has 0 aliphatic heterocycles. The molecule has 0 saturated heterocycles. The number of carbonyl (C=O) groups excluding carboxylic acids is 1. The summed E-state index contributed by atoms with van der Waals surface area (Å²) in [5.74, 6) is 0.0418. The van der Waals surface area contributed by atoms with Crippen LogP contribution >= 0.6 is 0 Å². The Morgan fingerprint density at radius 3 is 2.67 bits per heavy atom. The smallest absolute Gasteiger partial charge is 0.176 e. The van der Waals surface area contributed by atoms with Gasteiger partial charge in [-0.1, -0.05) is 30.3 Å². The van der Waals surface area contributed by atoms with Gasteiger partial charge in [-0.25, -0.2) is 4.98 Å². The lowest BCUT2D eigenvalue weighted by molar-refractivity contribution is 0.101. The highest BCUT2D eigenvalue weighted by Gasteiger charge is 2.13. The lowest BCUT2D eigenvalue weighted by Crippen LogP contribution is -1.98. The van der Waals surface area contributed by atoms with Crippen LogP contribution in [0.1, 0.15) is 17.4 Å². The fourth-order valence-corrected chi connectivity index (χ4v) is 2.14. The molecule has 3 aromatic rings. The van der Waals surface area contributed by atoms with E-state index in [1.165, 1.54) is 0 Å². The minimum Gasteiger partial charge on any atom is -0.298 e. The highest BCUT2D eigenvalue weighted by molar-refractivity contribution is 5.97. The van der Waals surface area contributed by atoms with Crippen LogP contribution in [-0.4, -0.2) is 15.2 Å². The molecule has 0 unspecified atom stereocenters. The van der Waals surface area contributed by atoms with Crippen molar-refractivity contribution in [1.82, 2.24) is 9.38 Å². The molecule has 1 aromatic carbocycles. The van der Waals surface area contributed by atoms with Crippen molar-refractivity contribution in [3.05, 3.63) is 60.6 Å². The van der Waals surface area contributed by atoms with Gasteiger partial charge in [0.05, 0.1) is 5.69 Å². The minimum atomic E-state index is 0.0418. The first-order valence-electron chi connectivity index (χ1n) is 5.80. The molecule has 3 nitrogen and oxygen atoms in total. The third-order valence-corrected chi connectivity index (χ3v) is 2.97. The number of nitrogens with zero attached hydrogens (tertiary/aromatic N) is 2. The van der Waals surface area contributed by atoms with Crippen LogP contribution in [-0.2, 0) is 0 Å². The molecule has 0 spiro atoms. The van der Waals surface area contributed by atoms with E-state index < -0.39 is 0 Å². The summed E-state index contributed by atoms with van der Waals surface area (Å²) >= 11 is 0. The molecule has 3 rings (SSSR count). The van der Waals surface area contributed by atoms with E-state index in [1.807, 2.05) is 53.1 Å². The number of aromatic nitrogens is 2. The van der Waals surface area contributed by atoms with E-state index >= 15 is 0 Å². The Morgan fingerprint density at radius 1 is 1.17 bits per heavy atom. The van der Waals surface area contributed by atoms with E-state index in [2.05, 4.69) is 4.98 Å². The van der Waals surface area contributed by atoms with Gasteiger partial charge in [0.2, 0.25) is 0 Å². The number of benzene rings is 1. The molecule has 2 heterocycles. The maximum atomic E-state index is 11.7. The maximum Gasteiger partial charge on any atom is 0.176 e.